The Morgan fingerprint density at radius 3 is 2.65 bits per heavy atom. The van der Waals surface area contributed by atoms with Crippen LogP contribution >= 0.6 is 11.6 Å². The summed E-state index contributed by atoms with van der Waals surface area (Å²) in [6.45, 7) is 0.351. The Kier molecular flexibility index (Phi) is 5.03. The lowest BCUT2D eigenvalue weighted by atomic mass is 9.99. The third-order valence-electron chi connectivity index (χ3n) is 3.59. The van der Waals surface area contributed by atoms with Gasteiger partial charge in [0, 0.05) is 13.1 Å². The molecule has 0 bridgehead atoms. The number of urea groups is 1. The number of carboxylic acids is 1. The molecule has 23 heavy (non-hydrogen) atoms. The summed E-state index contributed by atoms with van der Waals surface area (Å²) in [6, 6.07) is 1.95. The number of amides is 2. The van der Waals surface area contributed by atoms with Gasteiger partial charge in [-0.3, -0.25) is 4.79 Å². The molecule has 0 spiro atoms. The number of hydrogen-bond donors (Lipinski definition) is 2. The summed E-state index contributed by atoms with van der Waals surface area (Å²) < 4.78 is 38.1. The maximum absolute atomic E-state index is 12.7. The van der Waals surface area contributed by atoms with E-state index in [0.717, 1.165) is 18.2 Å². The molecule has 5 nitrogen and oxygen atoms in total. The number of carboxylic acid groups (broad SMARTS) is 1. The topological polar surface area (TPSA) is 69.6 Å². The van der Waals surface area contributed by atoms with Crippen LogP contribution in [0.25, 0.3) is 0 Å². The van der Waals surface area contributed by atoms with Crippen molar-refractivity contribution in [2.24, 2.45) is 5.92 Å². The van der Waals surface area contributed by atoms with Gasteiger partial charge in [0.15, 0.2) is 0 Å². The minimum Gasteiger partial charge on any atom is -0.481 e. The number of nitrogens with one attached hydrogen (secondary N) is 1. The summed E-state index contributed by atoms with van der Waals surface area (Å²) in [6.07, 6.45) is -3.58. The molecule has 2 amide bonds. The molecule has 2 rings (SSSR count). The lowest BCUT2D eigenvalue weighted by Gasteiger charge is -2.30. The number of carbonyl (C=O) groups is 2. The maximum atomic E-state index is 12.7. The van der Waals surface area contributed by atoms with Gasteiger partial charge in [-0.05, 0) is 31.0 Å². The number of piperidine rings is 1. The molecule has 0 saturated carbocycles. The van der Waals surface area contributed by atoms with Crippen LogP contribution in [0.4, 0.5) is 23.7 Å². The van der Waals surface area contributed by atoms with Crippen LogP contribution in [0.3, 0.4) is 0 Å². The van der Waals surface area contributed by atoms with E-state index in [2.05, 4.69) is 5.32 Å². The largest absolute Gasteiger partial charge is 0.481 e. The second kappa shape index (κ2) is 6.66. The van der Waals surface area contributed by atoms with Gasteiger partial charge in [-0.25, -0.2) is 4.79 Å². The molecule has 1 aromatic rings. The summed E-state index contributed by atoms with van der Waals surface area (Å²) in [5.74, 6) is -1.67. The molecule has 1 aromatic carbocycles. The molecule has 1 heterocycles. The van der Waals surface area contributed by atoms with Crippen molar-refractivity contribution >= 4 is 29.3 Å². The molecule has 1 fully saturated rings. The van der Waals surface area contributed by atoms with Gasteiger partial charge in [0.25, 0.3) is 0 Å². The normalized spacial score (nSPS) is 18.6. The first-order valence-corrected chi connectivity index (χ1v) is 7.22. The summed E-state index contributed by atoms with van der Waals surface area (Å²) in [4.78, 5) is 24.4. The first-order valence-electron chi connectivity index (χ1n) is 6.84. The highest BCUT2D eigenvalue weighted by atomic mass is 35.5. The fraction of sp³-hybridized carbons (Fsp3) is 0.429. The first-order chi connectivity index (χ1) is 10.7. The average molecular weight is 351 g/mol. The Hall–Kier alpha value is -1.96. The van der Waals surface area contributed by atoms with Crippen molar-refractivity contribution in [2.75, 3.05) is 18.4 Å². The average Bonchev–Trinajstić information content (AvgIpc) is 2.48. The summed E-state index contributed by atoms with van der Waals surface area (Å²) in [7, 11) is 0. The smallest absolute Gasteiger partial charge is 0.416 e. The minimum absolute atomic E-state index is 0.0117. The molecule has 1 unspecified atom stereocenters. The van der Waals surface area contributed by atoms with Crippen molar-refractivity contribution in [3.05, 3.63) is 28.8 Å². The van der Waals surface area contributed by atoms with Crippen molar-refractivity contribution in [1.82, 2.24) is 4.90 Å². The standard InChI is InChI=1S/C14H14ClF3N2O3/c15-10-4-3-9(14(16,17)18)6-11(10)19-13(23)20-5-1-2-8(7-20)12(21)22/h3-4,6,8H,1-2,5,7H2,(H,19,23)(H,21,22). The van der Waals surface area contributed by atoms with Crippen LogP contribution in [0.5, 0.6) is 0 Å². The van der Waals surface area contributed by atoms with Gasteiger partial charge in [-0.1, -0.05) is 11.6 Å². The van der Waals surface area contributed by atoms with E-state index in [-0.39, 0.29) is 17.3 Å². The number of nitrogens with zero attached hydrogens (tertiary/aromatic N) is 1. The molecular weight excluding hydrogens is 337 g/mol. The zero-order valence-corrected chi connectivity index (χ0v) is 12.6. The van der Waals surface area contributed by atoms with Gasteiger partial charge in [0.1, 0.15) is 0 Å². The molecule has 2 N–H and O–H groups in total. The predicted octanol–water partition coefficient (Wildman–Crippen LogP) is 3.69. The van der Waals surface area contributed by atoms with Crippen molar-refractivity contribution in [1.29, 1.82) is 0 Å². The second-order valence-electron chi connectivity index (χ2n) is 5.25. The molecule has 0 aromatic heterocycles. The first kappa shape index (κ1) is 17.4. The molecule has 1 aliphatic heterocycles. The van der Waals surface area contributed by atoms with Crippen LogP contribution in [0, 0.1) is 5.92 Å². The van der Waals surface area contributed by atoms with E-state index in [1.54, 1.807) is 0 Å². The molecular formula is C14H14ClF3N2O3. The Morgan fingerprint density at radius 2 is 2.04 bits per heavy atom. The van der Waals surface area contributed by atoms with E-state index in [4.69, 9.17) is 16.7 Å². The van der Waals surface area contributed by atoms with E-state index < -0.39 is 29.7 Å². The van der Waals surface area contributed by atoms with Gasteiger partial charge >= 0.3 is 18.2 Å². The van der Waals surface area contributed by atoms with Gasteiger partial charge in [-0.2, -0.15) is 13.2 Å². The highest BCUT2D eigenvalue weighted by molar-refractivity contribution is 6.33. The molecule has 0 radical (unpaired) electrons. The number of hydrogen-bond acceptors (Lipinski definition) is 2. The van der Waals surface area contributed by atoms with E-state index >= 15 is 0 Å². The lowest BCUT2D eigenvalue weighted by molar-refractivity contribution is -0.143. The Bertz CT molecular complexity index is 622. The fourth-order valence-corrected chi connectivity index (χ4v) is 2.52. The summed E-state index contributed by atoms with van der Waals surface area (Å²) >= 11 is 5.81. The number of halogens is 4. The highest BCUT2D eigenvalue weighted by Gasteiger charge is 2.32. The second-order valence-corrected chi connectivity index (χ2v) is 5.65. The Morgan fingerprint density at radius 1 is 1.35 bits per heavy atom. The summed E-state index contributed by atoms with van der Waals surface area (Å²) in [5.41, 5.74) is -1.09. The molecule has 1 aliphatic rings. The number of anilines is 1. The van der Waals surface area contributed by atoms with Crippen LogP contribution in [-0.2, 0) is 11.0 Å². The number of aliphatic carboxylic acids is 1. The van der Waals surface area contributed by atoms with Gasteiger partial charge in [0.05, 0.1) is 22.2 Å². The van der Waals surface area contributed by atoms with E-state index in [1.165, 1.54) is 4.90 Å². The fourth-order valence-electron chi connectivity index (χ4n) is 2.35. The number of likely N-dealkylation sites (tertiary alicyclic amines) is 1. The minimum atomic E-state index is -4.55. The predicted molar refractivity (Wildman–Crippen MR) is 77.4 cm³/mol. The monoisotopic (exact) mass is 350 g/mol. The van der Waals surface area contributed by atoms with Crippen molar-refractivity contribution in [3.8, 4) is 0 Å². The maximum Gasteiger partial charge on any atom is 0.416 e. The van der Waals surface area contributed by atoms with Crippen molar-refractivity contribution in [2.45, 2.75) is 19.0 Å². The number of carbonyl (C=O) groups excluding carboxylic acids is 1. The van der Waals surface area contributed by atoms with Crippen LogP contribution in [0.15, 0.2) is 18.2 Å². The molecule has 1 saturated heterocycles. The van der Waals surface area contributed by atoms with Crippen LogP contribution < -0.4 is 5.32 Å². The van der Waals surface area contributed by atoms with E-state index in [9.17, 15) is 22.8 Å². The third-order valence-corrected chi connectivity index (χ3v) is 3.92. The number of rotatable bonds is 2. The van der Waals surface area contributed by atoms with E-state index in [0.29, 0.717) is 19.4 Å². The van der Waals surface area contributed by atoms with Crippen LogP contribution in [0.2, 0.25) is 5.02 Å². The van der Waals surface area contributed by atoms with Crippen LogP contribution in [-0.4, -0.2) is 35.1 Å². The van der Waals surface area contributed by atoms with E-state index in [1.807, 2.05) is 0 Å². The molecule has 0 aliphatic carbocycles. The van der Waals surface area contributed by atoms with Crippen molar-refractivity contribution < 1.29 is 27.9 Å². The summed E-state index contributed by atoms with van der Waals surface area (Å²) in [5, 5.41) is 11.3. The SMILES string of the molecule is O=C(O)C1CCCN(C(=O)Nc2cc(C(F)(F)F)ccc2Cl)C1. The Labute approximate surface area is 135 Å². The highest BCUT2D eigenvalue weighted by Crippen LogP contribution is 2.34. The van der Waals surface area contributed by atoms with Crippen molar-refractivity contribution in [3.63, 3.8) is 0 Å². The molecule has 1 atom stereocenters. The lowest BCUT2D eigenvalue weighted by Crippen LogP contribution is -2.44. The van der Waals surface area contributed by atoms with Gasteiger partial charge in [0.2, 0.25) is 0 Å². The zero-order chi connectivity index (χ0) is 17.2. The number of benzene rings is 1. The van der Waals surface area contributed by atoms with Crippen LogP contribution in [0.1, 0.15) is 18.4 Å². The van der Waals surface area contributed by atoms with Gasteiger partial charge in [-0.15, -0.1) is 0 Å². The van der Waals surface area contributed by atoms with Gasteiger partial charge < -0.3 is 15.3 Å². The zero-order valence-electron chi connectivity index (χ0n) is 11.9. The Balaban J connectivity index is 2.12. The molecule has 126 valence electrons. The quantitative estimate of drug-likeness (QED) is 0.854. The third kappa shape index (κ3) is 4.28. The molecule has 9 heteroatoms. The number of alkyl halides is 3.